The van der Waals surface area contributed by atoms with Crippen molar-refractivity contribution in [2.45, 2.75) is 30.3 Å². The van der Waals surface area contributed by atoms with Crippen molar-refractivity contribution >= 4 is 32.2 Å². The molecule has 0 bridgehead atoms. The van der Waals surface area contributed by atoms with Gasteiger partial charge in [-0.15, -0.1) is 9.39 Å². The molecule has 0 radical (unpaired) electrons. The number of aromatic amines is 1. The lowest BCUT2D eigenvalue weighted by molar-refractivity contribution is 0.250. The zero-order valence-electron chi connectivity index (χ0n) is 18.6. The molecule has 7 nitrogen and oxygen atoms in total. The first-order chi connectivity index (χ1) is 15.4. The van der Waals surface area contributed by atoms with E-state index in [9.17, 15) is 0 Å². The molecule has 0 atom stereocenters. The molecule has 8 heteroatoms. The molecule has 6 N–H and O–H groups in total. The first kappa shape index (κ1) is 22.4. The summed E-state index contributed by atoms with van der Waals surface area (Å²) < 4.78 is 3.74. The molecule has 1 saturated heterocycles. The number of piperidine rings is 1. The molecule has 170 valence electrons. The number of hydrogen-bond acceptors (Lipinski definition) is 6. The van der Waals surface area contributed by atoms with Crippen molar-refractivity contribution in [3.8, 4) is 11.1 Å². The number of hydrazine groups is 1. The number of nitrogens with two attached hydrogens (primary N) is 2. The first-order valence-corrected chi connectivity index (χ1v) is 12.7. The van der Waals surface area contributed by atoms with E-state index >= 15 is 0 Å². The summed E-state index contributed by atoms with van der Waals surface area (Å²) >= 11 is 0. The van der Waals surface area contributed by atoms with Crippen molar-refractivity contribution in [1.82, 2.24) is 24.6 Å². The monoisotopic (exact) mass is 451 g/mol. The lowest BCUT2D eigenvalue weighted by Gasteiger charge is -2.32. The molecule has 4 rings (SSSR count). The Balaban J connectivity index is 1.55. The smallest absolute Gasteiger partial charge is 0.138 e. The quantitative estimate of drug-likeness (QED) is 0.250. The highest BCUT2D eigenvalue weighted by molar-refractivity contribution is 8.26. The summed E-state index contributed by atoms with van der Waals surface area (Å²) in [6.45, 7) is 2.75. The Bertz CT molecular complexity index is 1190. The highest BCUT2D eigenvalue weighted by Gasteiger charge is 2.18. The second-order valence-corrected chi connectivity index (χ2v) is 11.0. The van der Waals surface area contributed by atoms with Crippen LogP contribution in [0.4, 0.5) is 0 Å². The maximum atomic E-state index is 5.93. The number of benzene rings is 1. The van der Waals surface area contributed by atoms with Crippen LogP contribution in [0.5, 0.6) is 0 Å². The molecule has 2 aromatic heterocycles. The lowest BCUT2D eigenvalue weighted by Crippen LogP contribution is -2.39. The van der Waals surface area contributed by atoms with Crippen LogP contribution in [0.2, 0.25) is 0 Å². The van der Waals surface area contributed by atoms with Crippen LogP contribution in [0.1, 0.15) is 18.5 Å². The van der Waals surface area contributed by atoms with E-state index in [0.29, 0.717) is 12.6 Å². The number of pyridine rings is 1. The fraction of sp³-hybridized carbons (Fsp3) is 0.292. The van der Waals surface area contributed by atoms with Crippen LogP contribution in [0, 0.1) is 0 Å². The number of rotatable bonds is 7. The fourth-order valence-corrected chi connectivity index (χ4v) is 5.85. The Labute approximate surface area is 190 Å². The summed E-state index contributed by atoms with van der Waals surface area (Å²) in [7, 11) is 0.620. The Morgan fingerprint density at radius 1 is 1.25 bits per heavy atom. The molecule has 1 aliphatic rings. The minimum atomic E-state index is -1.56. The maximum absolute atomic E-state index is 5.93. The van der Waals surface area contributed by atoms with E-state index in [-0.39, 0.29) is 0 Å². The van der Waals surface area contributed by atoms with Gasteiger partial charge in [-0.3, -0.25) is 4.72 Å². The van der Waals surface area contributed by atoms with Gasteiger partial charge in [0.05, 0.1) is 6.54 Å². The standard InChI is InChI=1S/C24H33N7S/c1-30-13-9-19(10-14-30)29-32(2,3)21-6-4-18(5-7-21)22-8-12-27-24-23(22)16-20(28-24)17-31(26)15-11-25/h4-8,11-12,15-16,19,29H,2-3,9-10,13-14,17,25-26H2,1H3,(H,27,28)/b15-11-. The Hall–Kier alpha value is -2.78. The van der Waals surface area contributed by atoms with E-state index in [0.717, 1.165) is 58.7 Å². The SMILES string of the molecule is C=S(=C)(NC1CCN(C)CC1)c1ccc(-c2ccnc3[nH]c(CN(N)/C=C\N)cc23)cc1. The maximum Gasteiger partial charge on any atom is 0.138 e. The summed E-state index contributed by atoms with van der Waals surface area (Å²) in [5.74, 6) is 14.8. The minimum Gasteiger partial charge on any atom is -0.403 e. The van der Waals surface area contributed by atoms with Crippen LogP contribution >= 0.6 is 9.39 Å². The number of aromatic nitrogens is 2. The van der Waals surface area contributed by atoms with Gasteiger partial charge in [0.1, 0.15) is 5.65 Å². The molecule has 1 aromatic carbocycles. The van der Waals surface area contributed by atoms with E-state index in [2.05, 4.69) is 68.7 Å². The summed E-state index contributed by atoms with van der Waals surface area (Å²) in [5, 5.41) is 2.59. The molecule has 1 fully saturated rings. The zero-order chi connectivity index (χ0) is 22.7. The molecule has 0 aliphatic carbocycles. The van der Waals surface area contributed by atoms with Crippen LogP contribution in [-0.2, 0) is 6.54 Å². The topological polar surface area (TPSA) is 99.2 Å². The Morgan fingerprint density at radius 2 is 1.97 bits per heavy atom. The van der Waals surface area contributed by atoms with E-state index in [4.69, 9.17) is 11.6 Å². The molecular formula is C24H33N7S. The number of fused-ring (bicyclic) bond motifs is 1. The van der Waals surface area contributed by atoms with Crippen molar-refractivity contribution in [3.63, 3.8) is 0 Å². The van der Waals surface area contributed by atoms with Crippen LogP contribution < -0.4 is 16.3 Å². The fourth-order valence-electron chi connectivity index (χ4n) is 4.19. The minimum absolute atomic E-state index is 0.477. The van der Waals surface area contributed by atoms with E-state index in [1.54, 1.807) is 6.20 Å². The van der Waals surface area contributed by atoms with Gasteiger partial charge in [0.25, 0.3) is 0 Å². The molecule has 1 aliphatic heterocycles. The van der Waals surface area contributed by atoms with Crippen LogP contribution in [0.25, 0.3) is 22.2 Å². The number of nitrogens with one attached hydrogen (secondary N) is 2. The summed E-state index contributed by atoms with van der Waals surface area (Å²) in [4.78, 5) is 11.4. The normalized spacial score (nSPS) is 16.2. The van der Waals surface area contributed by atoms with Crippen molar-refractivity contribution in [1.29, 1.82) is 0 Å². The average Bonchev–Trinajstić information content (AvgIpc) is 3.18. The lowest BCUT2D eigenvalue weighted by atomic mass is 10.0. The van der Waals surface area contributed by atoms with Gasteiger partial charge < -0.3 is 20.6 Å². The molecule has 0 saturated carbocycles. The van der Waals surface area contributed by atoms with Gasteiger partial charge in [-0.25, -0.2) is 10.8 Å². The second-order valence-electron chi connectivity index (χ2n) is 8.53. The molecule has 32 heavy (non-hydrogen) atoms. The van der Waals surface area contributed by atoms with Gasteiger partial charge in [-0.1, -0.05) is 23.9 Å². The molecular weight excluding hydrogens is 418 g/mol. The Morgan fingerprint density at radius 3 is 2.66 bits per heavy atom. The summed E-state index contributed by atoms with van der Waals surface area (Å²) in [6.07, 6.45) is 7.15. The molecule has 3 heterocycles. The predicted molar refractivity (Wildman–Crippen MR) is 138 cm³/mol. The molecule has 0 spiro atoms. The Kier molecular flexibility index (Phi) is 6.57. The van der Waals surface area contributed by atoms with Crippen molar-refractivity contribution in [2.75, 3.05) is 20.1 Å². The van der Waals surface area contributed by atoms with Crippen molar-refractivity contribution in [3.05, 3.63) is 60.7 Å². The van der Waals surface area contributed by atoms with Gasteiger partial charge in [0.2, 0.25) is 0 Å². The van der Waals surface area contributed by atoms with Gasteiger partial charge in [-0.2, -0.15) is 0 Å². The van der Waals surface area contributed by atoms with Gasteiger partial charge >= 0.3 is 0 Å². The third-order valence-electron chi connectivity index (χ3n) is 5.95. The van der Waals surface area contributed by atoms with Gasteiger partial charge in [0.15, 0.2) is 0 Å². The molecule has 0 unspecified atom stereocenters. The van der Waals surface area contributed by atoms with Crippen molar-refractivity contribution in [2.24, 2.45) is 11.6 Å². The first-order valence-electron chi connectivity index (χ1n) is 10.8. The summed E-state index contributed by atoms with van der Waals surface area (Å²) in [6, 6.07) is 13.2. The van der Waals surface area contributed by atoms with Crippen LogP contribution in [0.15, 0.2) is 59.9 Å². The summed E-state index contributed by atoms with van der Waals surface area (Å²) in [5.41, 5.74) is 9.49. The number of hydrogen-bond donors (Lipinski definition) is 4. The largest absolute Gasteiger partial charge is 0.403 e. The number of likely N-dealkylation sites (tertiary alicyclic amines) is 1. The number of H-pyrrole nitrogens is 1. The van der Waals surface area contributed by atoms with E-state index in [1.165, 1.54) is 11.2 Å². The van der Waals surface area contributed by atoms with Gasteiger partial charge in [0, 0.05) is 40.6 Å². The van der Waals surface area contributed by atoms with Crippen molar-refractivity contribution < 1.29 is 0 Å². The number of nitrogens with zero attached hydrogens (tertiary/aromatic N) is 3. The molecule has 0 amide bonds. The zero-order valence-corrected chi connectivity index (χ0v) is 19.4. The van der Waals surface area contributed by atoms with E-state index < -0.39 is 9.39 Å². The average molecular weight is 452 g/mol. The van der Waals surface area contributed by atoms with Gasteiger partial charge in [-0.05, 0) is 68.4 Å². The second kappa shape index (κ2) is 9.38. The highest BCUT2D eigenvalue weighted by Crippen LogP contribution is 2.34. The highest BCUT2D eigenvalue weighted by atomic mass is 32.2. The molecule has 3 aromatic rings. The van der Waals surface area contributed by atoms with E-state index in [1.807, 2.05) is 12.3 Å². The third kappa shape index (κ3) is 4.99. The van der Waals surface area contributed by atoms with Crippen LogP contribution in [0.3, 0.4) is 0 Å². The van der Waals surface area contributed by atoms with Crippen LogP contribution in [-0.4, -0.2) is 57.8 Å². The third-order valence-corrected chi connectivity index (χ3v) is 7.90. The predicted octanol–water partition coefficient (Wildman–Crippen LogP) is 2.96.